The predicted molar refractivity (Wildman–Crippen MR) is 79.1 cm³/mol. The Labute approximate surface area is 117 Å². The summed E-state index contributed by atoms with van der Waals surface area (Å²) in [6.45, 7) is 10.5. The molecule has 1 rings (SSSR count). The average molecular weight is 267 g/mol. The quantitative estimate of drug-likeness (QED) is 0.761. The van der Waals surface area contributed by atoms with Crippen LogP contribution in [0.2, 0.25) is 0 Å². The number of nitrogens with zero attached hydrogens (tertiary/aromatic N) is 2. The summed E-state index contributed by atoms with van der Waals surface area (Å²) in [6, 6.07) is 0. The van der Waals surface area contributed by atoms with Crippen molar-refractivity contribution in [2.75, 3.05) is 20.2 Å². The third-order valence-electron chi connectivity index (χ3n) is 4.23. The maximum atomic E-state index is 9.64. The number of hydrogen-bond acceptors (Lipinski definition) is 3. The number of aromatic nitrogens is 2. The summed E-state index contributed by atoms with van der Waals surface area (Å²) in [5, 5.41) is 9.64. The second kappa shape index (κ2) is 7.06. The van der Waals surface area contributed by atoms with Gasteiger partial charge in [0.2, 0.25) is 0 Å². The van der Waals surface area contributed by atoms with Gasteiger partial charge in [0.25, 0.3) is 0 Å². The van der Waals surface area contributed by atoms with E-state index < -0.39 is 0 Å². The summed E-state index contributed by atoms with van der Waals surface area (Å²) in [5.74, 6) is 1.06. The minimum absolute atomic E-state index is 0.0204. The molecule has 0 aliphatic heterocycles. The first-order chi connectivity index (χ1) is 9.00. The van der Waals surface area contributed by atoms with Crippen LogP contribution in [0.5, 0.6) is 0 Å². The van der Waals surface area contributed by atoms with Gasteiger partial charge in [0.15, 0.2) is 0 Å². The lowest BCUT2D eigenvalue weighted by Crippen LogP contribution is -2.37. The van der Waals surface area contributed by atoms with Crippen LogP contribution in [0.15, 0.2) is 0 Å². The maximum absolute atomic E-state index is 9.64. The van der Waals surface area contributed by atoms with Gasteiger partial charge in [-0.05, 0) is 26.8 Å². The van der Waals surface area contributed by atoms with Crippen LogP contribution in [0.3, 0.4) is 0 Å². The second-order valence-electron chi connectivity index (χ2n) is 5.65. The molecule has 4 heteroatoms. The van der Waals surface area contributed by atoms with Crippen LogP contribution in [-0.2, 0) is 13.0 Å². The zero-order valence-electron chi connectivity index (χ0n) is 13.1. The van der Waals surface area contributed by atoms with E-state index in [1.54, 1.807) is 0 Å². The molecule has 19 heavy (non-hydrogen) atoms. The molecule has 0 atom stereocenters. The fraction of sp³-hybridized carbons (Fsp3) is 0.800. The van der Waals surface area contributed by atoms with E-state index in [4.69, 9.17) is 0 Å². The zero-order chi connectivity index (χ0) is 14.5. The van der Waals surface area contributed by atoms with E-state index in [-0.39, 0.29) is 12.0 Å². The number of H-pyrrole nitrogens is 1. The van der Waals surface area contributed by atoms with Gasteiger partial charge in [-0.15, -0.1) is 0 Å². The Bertz CT molecular complexity index is 374. The van der Waals surface area contributed by atoms with Crippen molar-refractivity contribution in [2.45, 2.75) is 53.5 Å². The Kier molecular flexibility index (Phi) is 6.01. The number of aromatic amines is 1. The van der Waals surface area contributed by atoms with E-state index in [1.165, 1.54) is 0 Å². The molecule has 0 aliphatic carbocycles. The largest absolute Gasteiger partial charge is 0.396 e. The van der Waals surface area contributed by atoms with Gasteiger partial charge >= 0.3 is 0 Å². The van der Waals surface area contributed by atoms with Crippen LogP contribution in [-0.4, -0.2) is 40.2 Å². The number of hydrogen-bond donors (Lipinski definition) is 2. The summed E-state index contributed by atoms with van der Waals surface area (Å²) in [5.41, 5.74) is 2.30. The maximum Gasteiger partial charge on any atom is 0.106 e. The minimum Gasteiger partial charge on any atom is -0.396 e. The van der Waals surface area contributed by atoms with Crippen molar-refractivity contribution < 1.29 is 5.11 Å². The lowest BCUT2D eigenvalue weighted by Gasteiger charge is -2.33. The number of imidazole rings is 1. The zero-order valence-corrected chi connectivity index (χ0v) is 13.1. The summed E-state index contributed by atoms with van der Waals surface area (Å²) in [7, 11) is 2.11. The standard InChI is InChI=1S/C15H29N3O/c1-6-14-16-12(4)13(17-14)9-18(5)10-15(7-2,8-3)11-19/h19H,6-11H2,1-5H3,(H,16,17). The molecular formula is C15H29N3O. The van der Waals surface area contributed by atoms with E-state index in [2.05, 4.69) is 49.6 Å². The van der Waals surface area contributed by atoms with Gasteiger partial charge in [-0.2, -0.15) is 0 Å². The molecule has 0 aliphatic rings. The highest BCUT2D eigenvalue weighted by atomic mass is 16.3. The Balaban J connectivity index is 2.68. The fourth-order valence-electron chi connectivity index (χ4n) is 2.52. The summed E-state index contributed by atoms with van der Waals surface area (Å²) in [6.07, 6.45) is 2.95. The molecule has 0 radical (unpaired) electrons. The van der Waals surface area contributed by atoms with E-state index in [0.717, 1.165) is 49.6 Å². The molecule has 0 saturated heterocycles. The van der Waals surface area contributed by atoms with Gasteiger partial charge in [-0.3, -0.25) is 4.90 Å². The number of aliphatic hydroxyl groups excluding tert-OH is 1. The highest BCUT2D eigenvalue weighted by Crippen LogP contribution is 2.27. The lowest BCUT2D eigenvalue weighted by atomic mass is 9.83. The van der Waals surface area contributed by atoms with Crippen molar-refractivity contribution in [1.82, 2.24) is 14.9 Å². The fourth-order valence-corrected chi connectivity index (χ4v) is 2.52. The van der Waals surface area contributed by atoms with Gasteiger partial charge in [0, 0.05) is 37.2 Å². The van der Waals surface area contributed by atoms with Crippen LogP contribution in [0, 0.1) is 12.3 Å². The van der Waals surface area contributed by atoms with Gasteiger partial charge < -0.3 is 10.1 Å². The molecule has 0 bridgehead atoms. The highest BCUT2D eigenvalue weighted by molar-refractivity contribution is 5.13. The topological polar surface area (TPSA) is 52.1 Å². The molecule has 1 aromatic heterocycles. The Morgan fingerprint density at radius 3 is 2.32 bits per heavy atom. The first-order valence-electron chi connectivity index (χ1n) is 7.34. The molecule has 110 valence electrons. The number of aliphatic hydroxyl groups is 1. The molecule has 0 saturated carbocycles. The molecule has 0 spiro atoms. The third-order valence-corrected chi connectivity index (χ3v) is 4.23. The smallest absolute Gasteiger partial charge is 0.106 e. The SMILES string of the molecule is CCc1nc(CN(C)CC(CC)(CC)CO)c(C)[nH]1. The molecule has 0 aromatic carbocycles. The molecule has 1 heterocycles. The molecule has 4 nitrogen and oxygen atoms in total. The van der Waals surface area contributed by atoms with Gasteiger partial charge in [0.05, 0.1) is 5.69 Å². The normalized spacial score (nSPS) is 12.4. The number of nitrogens with one attached hydrogen (secondary N) is 1. The predicted octanol–water partition coefficient (Wildman–Crippen LogP) is 2.51. The summed E-state index contributed by atoms with van der Waals surface area (Å²) < 4.78 is 0. The van der Waals surface area contributed by atoms with Crippen molar-refractivity contribution >= 4 is 0 Å². The third kappa shape index (κ3) is 4.05. The summed E-state index contributed by atoms with van der Waals surface area (Å²) in [4.78, 5) is 10.2. The van der Waals surface area contributed by atoms with Crippen LogP contribution < -0.4 is 0 Å². The molecule has 1 aromatic rings. The van der Waals surface area contributed by atoms with Crippen molar-refractivity contribution in [3.63, 3.8) is 0 Å². The van der Waals surface area contributed by atoms with Crippen molar-refractivity contribution in [1.29, 1.82) is 0 Å². The van der Waals surface area contributed by atoms with Crippen molar-refractivity contribution in [2.24, 2.45) is 5.41 Å². The molecule has 0 unspecified atom stereocenters. The van der Waals surface area contributed by atoms with Crippen molar-refractivity contribution in [3.8, 4) is 0 Å². The Morgan fingerprint density at radius 1 is 1.26 bits per heavy atom. The lowest BCUT2D eigenvalue weighted by molar-refractivity contribution is 0.0726. The Hall–Kier alpha value is -0.870. The molecule has 0 amide bonds. The van der Waals surface area contributed by atoms with Crippen LogP contribution in [0.1, 0.15) is 50.8 Å². The second-order valence-corrected chi connectivity index (χ2v) is 5.65. The van der Waals surface area contributed by atoms with E-state index in [0.29, 0.717) is 0 Å². The van der Waals surface area contributed by atoms with Crippen LogP contribution in [0.25, 0.3) is 0 Å². The Morgan fingerprint density at radius 2 is 1.89 bits per heavy atom. The van der Waals surface area contributed by atoms with Gasteiger partial charge in [-0.1, -0.05) is 20.8 Å². The first-order valence-corrected chi connectivity index (χ1v) is 7.34. The highest BCUT2D eigenvalue weighted by Gasteiger charge is 2.27. The van der Waals surface area contributed by atoms with E-state index in [9.17, 15) is 5.11 Å². The molecule has 0 fully saturated rings. The van der Waals surface area contributed by atoms with E-state index in [1.807, 2.05) is 0 Å². The van der Waals surface area contributed by atoms with Gasteiger partial charge in [-0.25, -0.2) is 4.98 Å². The van der Waals surface area contributed by atoms with Crippen LogP contribution in [0.4, 0.5) is 0 Å². The first kappa shape index (κ1) is 16.2. The average Bonchev–Trinajstić information content (AvgIpc) is 2.77. The molecule has 2 N–H and O–H groups in total. The minimum atomic E-state index is 0.0204. The molecular weight excluding hydrogens is 238 g/mol. The van der Waals surface area contributed by atoms with Crippen molar-refractivity contribution in [3.05, 3.63) is 17.2 Å². The van der Waals surface area contributed by atoms with Gasteiger partial charge in [0.1, 0.15) is 5.82 Å². The monoisotopic (exact) mass is 267 g/mol. The summed E-state index contributed by atoms with van der Waals surface area (Å²) >= 11 is 0. The number of rotatable bonds is 8. The van der Waals surface area contributed by atoms with Crippen LogP contribution >= 0.6 is 0 Å². The van der Waals surface area contributed by atoms with E-state index >= 15 is 0 Å². The number of aryl methyl sites for hydroxylation is 2.